The van der Waals surface area contributed by atoms with Crippen molar-refractivity contribution in [2.45, 2.75) is 19.9 Å². The van der Waals surface area contributed by atoms with Crippen LogP contribution in [0.3, 0.4) is 0 Å². The normalized spacial score (nSPS) is 11.9. The van der Waals surface area contributed by atoms with Crippen molar-refractivity contribution in [2.75, 3.05) is 13.2 Å². The minimum absolute atomic E-state index is 0.201. The molecular formula is C22H21ClN2O4. The van der Waals surface area contributed by atoms with E-state index >= 15 is 0 Å². The molecule has 0 aromatic heterocycles. The summed E-state index contributed by atoms with van der Waals surface area (Å²) >= 11 is 5.85. The first-order valence-electron chi connectivity index (χ1n) is 8.99. The van der Waals surface area contributed by atoms with Gasteiger partial charge in [0.05, 0.1) is 12.6 Å². The fourth-order valence-electron chi connectivity index (χ4n) is 2.46. The van der Waals surface area contributed by atoms with Crippen LogP contribution in [0.25, 0.3) is 6.08 Å². The van der Waals surface area contributed by atoms with Gasteiger partial charge in [0.25, 0.3) is 5.91 Å². The van der Waals surface area contributed by atoms with Crippen molar-refractivity contribution in [2.24, 2.45) is 0 Å². The SMILES string of the molecule is CCOc1ccc(/C=C(\C#N)C(=O)OCC(=O)N[C@H](C)c2ccc(Cl)cc2)cc1. The highest BCUT2D eigenvalue weighted by molar-refractivity contribution is 6.30. The molecule has 1 N–H and O–H groups in total. The zero-order chi connectivity index (χ0) is 21.2. The molecule has 2 rings (SSSR count). The number of amides is 1. The lowest BCUT2D eigenvalue weighted by Gasteiger charge is -2.14. The summed E-state index contributed by atoms with van der Waals surface area (Å²) < 4.78 is 10.3. The van der Waals surface area contributed by atoms with Crippen LogP contribution in [0, 0.1) is 11.3 Å². The van der Waals surface area contributed by atoms with Gasteiger partial charge in [0.15, 0.2) is 6.61 Å². The van der Waals surface area contributed by atoms with Crippen molar-refractivity contribution in [3.63, 3.8) is 0 Å². The van der Waals surface area contributed by atoms with Crippen molar-refractivity contribution in [1.82, 2.24) is 5.32 Å². The van der Waals surface area contributed by atoms with E-state index in [-0.39, 0.29) is 11.6 Å². The summed E-state index contributed by atoms with van der Waals surface area (Å²) in [5.41, 5.74) is 1.30. The van der Waals surface area contributed by atoms with Gasteiger partial charge < -0.3 is 14.8 Å². The van der Waals surface area contributed by atoms with Gasteiger partial charge in [0.2, 0.25) is 0 Å². The molecule has 0 spiro atoms. The number of nitriles is 1. The highest BCUT2D eigenvalue weighted by Crippen LogP contribution is 2.16. The van der Waals surface area contributed by atoms with Gasteiger partial charge in [-0.2, -0.15) is 5.26 Å². The zero-order valence-corrected chi connectivity index (χ0v) is 16.9. The van der Waals surface area contributed by atoms with Gasteiger partial charge in [0.1, 0.15) is 17.4 Å². The number of rotatable bonds is 8. The number of hydrogen-bond donors (Lipinski definition) is 1. The molecule has 1 amide bonds. The Morgan fingerprint density at radius 2 is 1.83 bits per heavy atom. The van der Waals surface area contributed by atoms with E-state index in [0.717, 1.165) is 5.56 Å². The predicted octanol–water partition coefficient (Wildman–Crippen LogP) is 4.07. The van der Waals surface area contributed by atoms with Gasteiger partial charge in [-0.15, -0.1) is 0 Å². The topological polar surface area (TPSA) is 88.4 Å². The van der Waals surface area contributed by atoms with Crippen LogP contribution in [0.5, 0.6) is 5.75 Å². The van der Waals surface area contributed by atoms with E-state index in [2.05, 4.69) is 5.32 Å². The van der Waals surface area contributed by atoms with Crippen LogP contribution in [0.4, 0.5) is 0 Å². The Morgan fingerprint density at radius 1 is 1.17 bits per heavy atom. The Hall–Kier alpha value is -3.30. The average molecular weight is 413 g/mol. The molecule has 150 valence electrons. The monoisotopic (exact) mass is 412 g/mol. The van der Waals surface area contributed by atoms with Crippen molar-refractivity contribution in [3.05, 3.63) is 70.3 Å². The quantitative estimate of drug-likeness (QED) is 0.401. The first kappa shape index (κ1) is 22.0. The van der Waals surface area contributed by atoms with Gasteiger partial charge in [-0.05, 0) is 55.3 Å². The molecule has 0 aliphatic heterocycles. The van der Waals surface area contributed by atoms with Crippen LogP contribution in [-0.4, -0.2) is 25.1 Å². The van der Waals surface area contributed by atoms with Gasteiger partial charge >= 0.3 is 5.97 Å². The zero-order valence-electron chi connectivity index (χ0n) is 16.1. The highest BCUT2D eigenvalue weighted by atomic mass is 35.5. The summed E-state index contributed by atoms with van der Waals surface area (Å²) in [6.45, 7) is 3.74. The van der Waals surface area contributed by atoms with E-state index in [1.165, 1.54) is 6.08 Å². The van der Waals surface area contributed by atoms with Crippen molar-refractivity contribution >= 4 is 29.6 Å². The third-order valence-electron chi connectivity index (χ3n) is 3.92. The fourth-order valence-corrected chi connectivity index (χ4v) is 2.58. The molecule has 0 aliphatic carbocycles. The molecule has 6 nitrogen and oxygen atoms in total. The molecular weight excluding hydrogens is 392 g/mol. The average Bonchev–Trinajstić information content (AvgIpc) is 2.72. The largest absolute Gasteiger partial charge is 0.494 e. The van der Waals surface area contributed by atoms with Gasteiger partial charge in [-0.25, -0.2) is 4.79 Å². The van der Waals surface area contributed by atoms with E-state index in [1.807, 2.05) is 6.92 Å². The molecule has 0 fully saturated rings. The molecule has 2 aromatic carbocycles. The molecule has 0 saturated carbocycles. The summed E-state index contributed by atoms with van der Waals surface area (Å²) in [6.07, 6.45) is 1.40. The lowest BCUT2D eigenvalue weighted by atomic mass is 10.1. The summed E-state index contributed by atoms with van der Waals surface area (Å²) in [5, 5.41) is 12.5. The molecule has 0 unspecified atom stereocenters. The number of ether oxygens (including phenoxy) is 2. The molecule has 0 bridgehead atoms. The molecule has 2 aromatic rings. The second kappa shape index (κ2) is 10.9. The Labute approximate surface area is 174 Å². The molecule has 1 atom stereocenters. The Kier molecular flexibility index (Phi) is 8.26. The van der Waals surface area contributed by atoms with Crippen LogP contribution >= 0.6 is 11.6 Å². The first-order valence-corrected chi connectivity index (χ1v) is 9.37. The lowest BCUT2D eigenvalue weighted by Crippen LogP contribution is -2.31. The van der Waals surface area contributed by atoms with Gasteiger partial charge in [0, 0.05) is 5.02 Å². The summed E-state index contributed by atoms with van der Waals surface area (Å²) in [7, 11) is 0. The minimum Gasteiger partial charge on any atom is -0.494 e. The van der Waals surface area contributed by atoms with E-state index in [4.69, 9.17) is 21.1 Å². The lowest BCUT2D eigenvalue weighted by molar-refractivity contribution is -0.144. The smallest absolute Gasteiger partial charge is 0.349 e. The molecule has 29 heavy (non-hydrogen) atoms. The van der Waals surface area contributed by atoms with Crippen LogP contribution in [0.2, 0.25) is 5.02 Å². The summed E-state index contributed by atoms with van der Waals surface area (Å²) in [4.78, 5) is 24.1. The number of halogens is 1. The van der Waals surface area contributed by atoms with Crippen LogP contribution in [0.1, 0.15) is 31.0 Å². The van der Waals surface area contributed by atoms with Crippen molar-refractivity contribution in [1.29, 1.82) is 5.26 Å². The number of benzene rings is 2. The molecule has 0 radical (unpaired) electrons. The standard InChI is InChI=1S/C22H21ClN2O4/c1-3-28-20-10-4-16(5-11-20)12-18(13-24)22(27)29-14-21(26)25-15(2)17-6-8-19(23)9-7-17/h4-12,15H,3,14H2,1-2H3,(H,25,26)/b18-12+/t15-/m1/s1. The van der Waals surface area contributed by atoms with E-state index in [9.17, 15) is 14.9 Å². The van der Waals surface area contributed by atoms with Crippen LogP contribution in [-0.2, 0) is 14.3 Å². The predicted molar refractivity (Wildman–Crippen MR) is 110 cm³/mol. The summed E-state index contributed by atoms with van der Waals surface area (Å²) in [6, 6.07) is 15.5. The van der Waals surface area contributed by atoms with Crippen molar-refractivity contribution in [3.8, 4) is 11.8 Å². The minimum atomic E-state index is -0.865. The number of nitrogens with zero attached hydrogens (tertiary/aromatic N) is 1. The van der Waals surface area contributed by atoms with Crippen molar-refractivity contribution < 1.29 is 19.1 Å². The second-order valence-corrected chi connectivity index (χ2v) is 6.53. The van der Waals surface area contributed by atoms with E-state index in [1.54, 1.807) is 61.5 Å². The number of esters is 1. The molecule has 0 aliphatic rings. The van der Waals surface area contributed by atoms with Gasteiger partial charge in [-0.1, -0.05) is 35.9 Å². The molecule has 0 saturated heterocycles. The third-order valence-corrected chi connectivity index (χ3v) is 4.18. The number of nitrogens with one attached hydrogen (secondary N) is 1. The summed E-state index contributed by atoms with van der Waals surface area (Å²) in [5.74, 6) is -0.646. The Morgan fingerprint density at radius 3 is 2.41 bits per heavy atom. The Bertz CT molecular complexity index is 915. The van der Waals surface area contributed by atoms with E-state index in [0.29, 0.717) is 22.9 Å². The third kappa shape index (κ3) is 6.98. The van der Waals surface area contributed by atoms with Crippen LogP contribution in [0.15, 0.2) is 54.1 Å². The number of carbonyl (C=O) groups excluding carboxylic acids is 2. The maximum atomic E-state index is 12.1. The molecule has 7 heteroatoms. The number of hydrogen-bond acceptors (Lipinski definition) is 5. The second-order valence-electron chi connectivity index (χ2n) is 6.09. The number of carbonyl (C=O) groups is 2. The Balaban J connectivity index is 1.91. The fraction of sp³-hybridized carbons (Fsp3) is 0.227. The van der Waals surface area contributed by atoms with Gasteiger partial charge in [-0.3, -0.25) is 4.79 Å². The molecule has 0 heterocycles. The first-order chi connectivity index (χ1) is 13.9. The highest BCUT2D eigenvalue weighted by Gasteiger charge is 2.15. The van der Waals surface area contributed by atoms with Crippen LogP contribution < -0.4 is 10.1 Å². The maximum Gasteiger partial charge on any atom is 0.349 e. The maximum absolute atomic E-state index is 12.1. The van der Waals surface area contributed by atoms with E-state index < -0.39 is 18.5 Å².